The Morgan fingerprint density at radius 2 is 2.00 bits per heavy atom. The third-order valence-electron chi connectivity index (χ3n) is 3.82. The minimum atomic E-state index is -3.58. The largest absolute Gasteiger partial charge is 0.480 e. The van der Waals surface area contributed by atoms with E-state index in [0.717, 1.165) is 10.6 Å². The lowest BCUT2D eigenvalue weighted by atomic mass is 10.2. The molecule has 0 aliphatic carbocycles. The van der Waals surface area contributed by atoms with Crippen molar-refractivity contribution in [3.05, 3.63) is 18.2 Å². The summed E-state index contributed by atoms with van der Waals surface area (Å²) in [6.07, 6.45) is 0. The van der Waals surface area contributed by atoms with Crippen molar-refractivity contribution in [1.82, 2.24) is 4.31 Å². The van der Waals surface area contributed by atoms with Crippen molar-refractivity contribution in [2.75, 3.05) is 50.0 Å². The summed E-state index contributed by atoms with van der Waals surface area (Å²) in [6, 6.07) is 4.96. The van der Waals surface area contributed by atoms with Crippen molar-refractivity contribution >= 4 is 33.4 Å². The fraction of sp³-hybridized carbons (Fsp3) is 0.500. The van der Waals surface area contributed by atoms with Crippen molar-refractivity contribution in [3.8, 4) is 0 Å². The number of fused-ring (bicyclic) bond motifs is 1. The smallest absolute Gasteiger partial charge is 0.323 e. The van der Waals surface area contributed by atoms with E-state index in [0.29, 0.717) is 38.5 Å². The Balaban J connectivity index is 1.94. The normalized spacial score (nSPS) is 19.4. The van der Waals surface area contributed by atoms with Crippen LogP contribution in [0.4, 0.5) is 5.69 Å². The van der Waals surface area contributed by atoms with Crippen molar-refractivity contribution in [3.63, 3.8) is 0 Å². The Labute approximate surface area is 139 Å². The Morgan fingerprint density at radius 3 is 2.70 bits per heavy atom. The Kier molecular flexibility index (Phi) is 4.81. The summed E-state index contributed by atoms with van der Waals surface area (Å²) < 4.78 is 32.1. The molecule has 2 aliphatic rings. The van der Waals surface area contributed by atoms with Crippen molar-refractivity contribution < 1.29 is 23.1 Å². The molecule has 23 heavy (non-hydrogen) atoms. The lowest BCUT2D eigenvalue weighted by Gasteiger charge is -2.31. The van der Waals surface area contributed by atoms with Gasteiger partial charge in [-0.15, -0.1) is 11.8 Å². The van der Waals surface area contributed by atoms with Gasteiger partial charge in [0.15, 0.2) is 0 Å². The second kappa shape index (κ2) is 6.68. The van der Waals surface area contributed by atoms with Crippen LogP contribution in [0.3, 0.4) is 0 Å². The van der Waals surface area contributed by atoms with Crippen LogP contribution < -0.4 is 4.90 Å². The number of carboxylic acid groups (broad SMARTS) is 1. The van der Waals surface area contributed by atoms with Crippen LogP contribution in [-0.2, 0) is 19.6 Å². The number of benzene rings is 1. The van der Waals surface area contributed by atoms with Crippen LogP contribution in [-0.4, -0.2) is 68.9 Å². The first-order chi connectivity index (χ1) is 11.0. The molecule has 1 saturated heterocycles. The molecule has 0 bridgehead atoms. The molecule has 1 fully saturated rings. The lowest BCUT2D eigenvalue weighted by molar-refractivity contribution is -0.135. The SMILES string of the molecule is O=C(O)CN1CCSc2ccc(S(=O)(=O)N3CCOCC3)cc21. The summed E-state index contributed by atoms with van der Waals surface area (Å²) in [4.78, 5) is 13.9. The number of hydrogen-bond acceptors (Lipinski definition) is 6. The Bertz CT molecular complexity index is 701. The van der Waals surface area contributed by atoms with Gasteiger partial charge in [0, 0.05) is 30.3 Å². The van der Waals surface area contributed by atoms with E-state index in [1.165, 1.54) is 4.31 Å². The minimum absolute atomic E-state index is 0.130. The van der Waals surface area contributed by atoms with Crippen LogP contribution >= 0.6 is 11.8 Å². The number of aliphatic carboxylic acids is 1. The number of carboxylic acids is 1. The zero-order valence-corrected chi connectivity index (χ0v) is 14.1. The summed E-state index contributed by atoms with van der Waals surface area (Å²) in [5.74, 6) is -0.139. The highest BCUT2D eigenvalue weighted by Crippen LogP contribution is 2.36. The number of morpholine rings is 1. The molecule has 1 N–H and O–H groups in total. The molecule has 0 saturated carbocycles. The van der Waals surface area contributed by atoms with E-state index in [4.69, 9.17) is 9.84 Å². The number of carbonyl (C=O) groups is 1. The average Bonchev–Trinajstić information content (AvgIpc) is 2.55. The maximum Gasteiger partial charge on any atom is 0.323 e. The second-order valence-electron chi connectivity index (χ2n) is 5.31. The third kappa shape index (κ3) is 3.47. The zero-order chi connectivity index (χ0) is 16.4. The van der Waals surface area contributed by atoms with Gasteiger partial charge in [-0.3, -0.25) is 4.79 Å². The Morgan fingerprint density at radius 1 is 1.26 bits per heavy atom. The van der Waals surface area contributed by atoms with Gasteiger partial charge in [-0.05, 0) is 18.2 Å². The monoisotopic (exact) mass is 358 g/mol. The molecule has 1 aromatic rings. The maximum absolute atomic E-state index is 12.7. The summed E-state index contributed by atoms with van der Waals surface area (Å²) in [5, 5.41) is 9.04. The van der Waals surface area contributed by atoms with Gasteiger partial charge >= 0.3 is 5.97 Å². The van der Waals surface area contributed by atoms with Crippen LogP contribution in [0.5, 0.6) is 0 Å². The number of thioether (sulfide) groups is 1. The molecule has 0 radical (unpaired) electrons. The highest BCUT2D eigenvalue weighted by molar-refractivity contribution is 7.99. The number of sulfonamides is 1. The molecule has 7 nitrogen and oxygen atoms in total. The molecule has 0 amide bonds. The average molecular weight is 358 g/mol. The molecular formula is C14H18N2O5S2. The second-order valence-corrected chi connectivity index (χ2v) is 8.38. The standard InChI is InChI=1S/C14H18N2O5S2/c17-14(18)10-15-5-8-22-13-2-1-11(9-12(13)15)23(19,20)16-3-6-21-7-4-16/h1-2,9H,3-8,10H2,(H,17,18). The van der Waals surface area contributed by atoms with E-state index in [2.05, 4.69) is 0 Å². The van der Waals surface area contributed by atoms with E-state index in [1.807, 2.05) is 0 Å². The zero-order valence-electron chi connectivity index (χ0n) is 12.5. The first-order valence-corrected chi connectivity index (χ1v) is 9.72. The highest BCUT2D eigenvalue weighted by Gasteiger charge is 2.28. The first kappa shape index (κ1) is 16.6. The molecule has 0 atom stereocenters. The predicted molar refractivity (Wildman–Crippen MR) is 86.6 cm³/mol. The molecule has 1 aromatic carbocycles. The Hall–Kier alpha value is -1.29. The fourth-order valence-electron chi connectivity index (χ4n) is 2.68. The predicted octanol–water partition coefficient (Wildman–Crippen LogP) is 0.704. The van der Waals surface area contributed by atoms with Gasteiger partial charge in [-0.1, -0.05) is 0 Å². The number of anilines is 1. The number of nitrogens with zero attached hydrogens (tertiary/aromatic N) is 2. The number of ether oxygens (including phenoxy) is 1. The quantitative estimate of drug-likeness (QED) is 0.848. The lowest BCUT2D eigenvalue weighted by Crippen LogP contribution is -2.40. The van der Waals surface area contributed by atoms with Crippen molar-refractivity contribution in [2.45, 2.75) is 9.79 Å². The van der Waals surface area contributed by atoms with Gasteiger partial charge in [-0.25, -0.2) is 8.42 Å². The molecule has 0 unspecified atom stereocenters. The molecule has 2 aliphatic heterocycles. The molecule has 0 spiro atoms. The van der Waals surface area contributed by atoms with E-state index in [1.54, 1.807) is 34.9 Å². The van der Waals surface area contributed by atoms with E-state index < -0.39 is 16.0 Å². The minimum Gasteiger partial charge on any atom is -0.480 e. The molecule has 9 heteroatoms. The van der Waals surface area contributed by atoms with Gasteiger partial charge in [-0.2, -0.15) is 4.31 Å². The maximum atomic E-state index is 12.7. The summed E-state index contributed by atoms with van der Waals surface area (Å²) in [7, 11) is -3.58. The molecule has 2 heterocycles. The van der Waals surface area contributed by atoms with Gasteiger partial charge in [0.1, 0.15) is 6.54 Å². The van der Waals surface area contributed by atoms with Crippen molar-refractivity contribution in [1.29, 1.82) is 0 Å². The molecule has 0 aromatic heterocycles. The summed E-state index contributed by atoms with van der Waals surface area (Å²) in [6.45, 7) is 1.93. The topological polar surface area (TPSA) is 87.2 Å². The van der Waals surface area contributed by atoms with Gasteiger partial charge < -0.3 is 14.7 Å². The number of hydrogen-bond donors (Lipinski definition) is 1. The molecule has 3 rings (SSSR count). The van der Waals surface area contributed by atoms with E-state index in [9.17, 15) is 13.2 Å². The first-order valence-electron chi connectivity index (χ1n) is 7.30. The van der Waals surface area contributed by atoms with Crippen LogP contribution in [0, 0.1) is 0 Å². The van der Waals surface area contributed by atoms with Crippen LogP contribution in [0.1, 0.15) is 0 Å². The fourth-order valence-corrected chi connectivity index (χ4v) is 5.14. The summed E-state index contributed by atoms with van der Waals surface area (Å²) >= 11 is 1.61. The molecule has 126 valence electrons. The van der Waals surface area contributed by atoms with Gasteiger partial charge in [0.2, 0.25) is 10.0 Å². The highest BCUT2D eigenvalue weighted by atomic mass is 32.2. The van der Waals surface area contributed by atoms with Crippen molar-refractivity contribution in [2.24, 2.45) is 0 Å². The van der Waals surface area contributed by atoms with Gasteiger partial charge in [0.05, 0.1) is 23.8 Å². The van der Waals surface area contributed by atoms with Gasteiger partial charge in [0.25, 0.3) is 0 Å². The molecular weight excluding hydrogens is 340 g/mol. The summed E-state index contributed by atoms with van der Waals surface area (Å²) in [5.41, 5.74) is 0.679. The third-order valence-corrected chi connectivity index (χ3v) is 6.76. The van der Waals surface area contributed by atoms with Crippen LogP contribution in [0.15, 0.2) is 28.0 Å². The van der Waals surface area contributed by atoms with Crippen LogP contribution in [0.25, 0.3) is 0 Å². The number of rotatable bonds is 4. The van der Waals surface area contributed by atoms with Crippen LogP contribution in [0.2, 0.25) is 0 Å². The van der Waals surface area contributed by atoms with E-state index >= 15 is 0 Å². The van der Waals surface area contributed by atoms with E-state index in [-0.39, 0.29) is 11.4 Å².